The van der Waals surface area contributed by atoms with Crippen LogP contribution >= 0.6 is 0 Å². The van der Waals surface area contributed by atoms with Gasteiger partial charge in [0.25, 0.3) is 0 Å². The van der Waals surface area contributed by atoms with Gasteiger partial charge in [-0.15, -0.1) is 0 Å². The molecular weight excluding hydrogens is 188 g/mol. The second-order valence-electron chi connectivity index (χ2n) is 5.41. The van der Waals surface area contributed by atoms with Crippen molar-refractivity contribution in [3.8, 4) is 0 Å². The molecule has 3 aliphatic rings. The summed E-state index contributed by atoms with van der Waals surface area (Å²) in [4.78, 5) is 0. The van der Waals surface area contributed by atoms with Crippen LogP contribution < -0.4 is 0 Å². The molecule has 0 aromatic rings. The molecule has 0 aromatic carbocycles. The summed E-state index contributed by atoms with van der Waals surface area (Å²) in [7, 11) is 0. The Morgan fingerprint density at radius 2 is 1.93 bits per heavy atom. The Kier molecular flexibility index (Phi) is 2.18. The average Bonchev–Trinajstić information content (AvgIpc) is 2.84. The first-order valence-electron chi connectivity index (χ1n) is 6.28. The van der Waals surface area contributed by atoms with Crippen molar-refractivity contribution < 1.29 is 9.84 Å². The minimum atomic E-state index is -0.369. The highest BCUT2D eigenvalue weighted by Crippen LogP contribution is 2.57. The van der Waals surface area contributed by atoms with Gasteiger partial charge in [-0.1, -0.05) is 25.0 Å². The van der Waals surface area contributed by atoms with Crippen LogP contribution in [0.5, 0.6) is 0 Å². The third-order valence-corrected chi connectivity index (χ3v) is 4.82. The first kappa shape index (κ1) is 9.86. The van der Waals surface area contributed by atoms with E-state index in [9.17, 15) is 5.11 Å². The van der Waals surface area contributed by atoms with Gasteiger partial charge in [-0.05, 0) is 32.1 Å². The molecule has 1 saturated heterocycles. The smallest absolute Gasteiger partial charge is 0.103 e. The number of aliphatic hydroxyl groups is 1. The van der Waals surface area contributed by atoms with Crippen molar-refractivity contribution in [1.82, 2.24) is 0 Å². The molecule has 2 atom stereocenters. The van der Waals surface area contributed by atoms with E-state index >= 15 is 0 Å². The molecule has 0 bridgehead atoms. The van der Waals surface area contributed by atoms with Gasteiger partial charge < -0.3 is 9.84 Å². The quantitative estimate of drug-likeness (QED) is 0.619. The Morgan fingerprint density at radius 1 is 1.13 bits per heavy atom. The zero-order valence-electron chi connectivity index (χ0n) is 9.24. The van der Waals surface area contributed by atoms with E-state index in [-0.39, 0.29) is 17.1 Å². The summed E-state index contributed by atoms with van der Waals surface area (Å²) in [5, 5.41) is 10.3. The lowest BCUT2D eigenvalue weighted by molar-refractivity contribution is -0.157. The molecule has 1 saturated carbocycles. The number of rotatable bonds is 0. The molecule has 2 heteroatoms. The molecule has 1 aliphatic heterocycles. The van der Waals surface area contributed by atoms with Crippen molar-refractivity contribution >= 4 is 0 Å². The van der Waals surface area contributed by atoms with Crippen LogP contribution in [0.3, 0.4) is 0 Å². The van der Waals surface area contributed by atoms with Crippen LogP contribution in [0.15, 0.2) is 12.2 Å². The highest BCUT2D eigenvalue weighted by atomic mass is 16.5. The number of hydrogen-bond donors (Lipinski definition) is 1. The minimum Gasteiger partial charge on any atom is -0.386 e. The molecule has 0 radical (unpaired) electrons. The highest BCUT2D eigenvalue weighted by molar-refractivity contribution is 5.19. The van der Waals surface area contributed by atoms with Gasteiger partial charge in [0.05, 0.1) is 0 Å². The molecule has 84 valence electrons. The van der Waals surface area contributed by atoms with E-state index in [0.717, 1.165) is 25.9 Å². The minimum absolute atomic E-state index is 0.224. The third-order valence-electron chi connectivity index (χ3n) is 4.82. The average molecular weight is 208 g/mol. The Hall–Kier alpha value is -0.340. The number of fused-ring (bicyclic) bond motifs is 1. The van der Waals surface area contributed by atoms with Gasteiger partial charge in [-0.2, -0.15) is 0 Å². The van der Waals surface area contributed by atoms with Crippen LogP contribution in [0.25, 0.3) is 0 Å². The van der Waals surface area contributed by atoms with Gasteiger partial charge in [0.2, 0.25) is 0 Å². The predicted octanol–water partition coefficient (Wildman–Crippen LogP) is 2.42. The molecule has 2 fully saturated rings. The maximum Gasteiger partial charge on any atom is 0.103 e. The molecule has 0 aromatic heterocycles. The zero-order chi connectivity index (χ0) is 10.4. The normalized spacial score (nSPS) is 43.1. The lowest BCUT2D eigenvalue weighted by Gasteiger charge is -2.50. The van der Waals surface area contributed by atoms with Gasteiger partial charge >= 0.3 is 0 Å². The topological polar surface area (TPSA) is 29.5 Å². The zero-order valence-corrected chi connectivity index (χ0v) is 9.24. The molecule has 15 heavy (non-hydrogen) atoms. The summed E-state index contributed by atoms with van der Waals surface area (Å²) in [5.41, 5.74) is 0.0376. The fourth-order valence-electron chi connectivity index (χ4n) is 4.06. The van der Waals surface area contributed by atoms with E-state index in [1.807, 2.05) is 6.08 Å². The standard InChI is InChI=1S/C13H20O2/c14-11-5-3-8-12(6-1-2-7-12)13(11)9-4-10-15-13/h3,5,11,14H,1-2,4,6-10H2/t11-,13-/m0/s1. The van der Waals surface area contributed by atoms with Gasteiger partial charge in [-0.3, -0.25) is 0 Å². The summed E-state index contributed by atoms with van der Waals surface area (Å²) in [6.07, 6.45) is 12.2. The summed E-state index contributed by atoms with van der Waals surface area (Å²) < 4.78 is 6.03. The van der Waals surface area contributed by atoms with Crippen LogP contribution in [0, 0.1) is 5.41 Å². The Morgan fingerprint density at radius 3 is 2.60 bits per heavy atom. The van der Waals surface area contributed by atoms with Crippen LogP contribution in [-0.2, 0) is 4.74 Å². The Balaban J connectivity index is 2.01. The second kappa shape index (κ2) is 3.33. The van der Waals surface area contributed by atoms with E-state index in [2.05, 4.69) is 6.08 Å². The van der Waals surface area contributed by atoms with Gasteiger partial charge in [0.15, 0.2) is 0 Å². The molecule has 2 spiro atoms. The van der Waals surface area contributed by atoms with Crippen molar-refractivity contribution in [3.63, 3.8) is 0 Å². The van der Waals surface area contributed by atoms with Crippen LogP contribution in [0.1, 0.15) is 44.9 Å². The molecule has 1 N–H and O–H groups in total. The first-order valence-corrected chi connectivity index (χ1v) is 6.28. The largest absolute Gasteiger partial charge is 0.386 e. The monoisotopic (exact) mass is 208 g/mol. The summed E-state index contributed by atoms with van der Waals surface area (Å²) in [6.45, 7) is 0.840. The molecule has 2 aliphatic carbocycles. The summed E-state index contributed by atoms with van der Waals surface area (Å²) >= 11 is 0. The lowest BCUT2D eigenvalue weighted by Crippen LogP contribution is -2.55. The van der Waals surface area contributed by atoms with Crippen molar-refractivity contribution in [2.24, 2.45) is 5.41 Å². The maximum absolute atomic E-state index is 10.3. The highest BCUT2D eigenvalue weighted by Gasteiger charge is 2.58. The van der Waals surface area contributed by atoms with Crippen molar-refractivity contribution in [3.05, 3.63) is 12.2 Å². The fraction of sp³-hybridized carbons (Fsp3) is 0.846. The Labute approximate surface area is 91.3 Å². The molecule has 0 amide bonds. The summed E-state index contributed by atoms with van der Waals surface area (Å²) in [6, 6.07) is 0. The van der Waals surface area contributed by atoms with E-state index in [0.29, 0.717) is 0 Å². The number of hydrogen-bond acceptors (Lipinski definition) is 2. The second-order valence-corrected chi connectivity index (χ2v) is 5.41. The maximum atomic E-state index is 10.3. The lowest BCUT2D eigenvalue weighted by atomic mass is 9.62. The van der Waals surface area contributed by atoms with E-state index < -0.39 is 0 Å². The Bertz CT molecular complexity index is 270. The molecular formula is C13H20O2. The van der Waals surface area contributed by atoms with Crippen LogP contribution in [0.4, 0.5) is 0 Å². The first-order chi connectivity index (χ1) is 7.29. The molecule has 1 heterocycles. The van der Waals surface area contributed by atoms with Crippen molar-refractivity contribution in [1.29, 1.82) is 0 Å². The van der Waals surface area contributed by atoms with Crippen molar-refractivity contribution in [2.45, 2.75) is 56.7 Å². The third kappa shape index (κ3) is 1.18. The number of aliphatic hydroxyl groups excluding tert-OH is 1. The fourth-order valence-corrected chi connectivity index (χ4v) is 4.06. The SMILES string of the molecule is O[C@H]1C=CCC2(CCCC2)[C@]12CCCO2. The van der Waals surface area contributed by atoms with Crippen LogP contribution in [-0.4, -0.2) is 23.4 Å². The summed E-state index contributed by atoms with van der Waals surface area (Å²) in [5.74, 6) is 0. The molecule has 2 nitrogen and oxygen atoms in total. The van der Waals surface area contributed by atoms with Gasteiger partial charge in [0.1, 0.15) is 11.7 Å². The van der Waals surface area contributed by atoms with Gasteiger partial charge in [0, 0.05) is 12.0 Å². The van der Waals surface area contributed by atoms with Crippen LogP contribution in [0.2, 0.25) is 0 Å². The van der Waals surface area contributed by atoms with Crippen molar-refractivity contribution in [2.75, 3.05) is 6.61 Å². The number of ether oxygens (including phenoxy) is 1. The van der Waals surface area contributed by atoms with Gasteiger partial charge in [-0.25, -0.2) is 0 Å². The van der Waals surface area contributed by atoms with E-state index in [1.54, 1.807) is 0 Å². The predicted molar refractivity (Wildman–Crippen MR) is 58.6 cm³/mol. The molecule has 0 unspecified atom stereocenters. The molecule has 3 rings (SSSR count). The van der Waals surface area contributed by atoms with E-state index in [4.69, 9.17) is 4.74 Å². The van der Waals surface area contributed by atoms with E-state index in [1.165, 1.54) is 25.7 Å². The number of allylic oxidation sites excluding steroid dienone is 1.